The van der Waals surface area contributed by atoms with Gasteiger partial charge in [-0.15, -0.1) is 0 Å². The van der Waals surface area contributed by atoms with E-state index >= 15 is 0 Å². The molecule has 0 fully saturated rings. The molecule has 0 radical (unpaired) electrons. The summed E-state index contributed by atoms with van der Waals surface area (Å²) in [5.74, 6) is -0.239. The fourth-order valence-corrected chi connectivity index (χ4v) is 2.46. The third-order valence-corrected chi connectivity index (χ3v) is 3.46. The maximum absolute atomic E-state index is 11.6. The molecule has 0 aliphatic heterocycles. The molecule has 0 bridgehead atoms. The van der Waals surface area contributed by atoms with Gasteiger partial charge in [0.25, 0.3) is 0 Å². The maximum Gasteiger partial charge on any atom is 0.338 e. The maximum atomic E-state index is 11.6. The minimum atomic E-state index is -0.365. The molecule has 2 aromatic carbocycles. The summed E-state index contributed by atoms with van der Waals surface area (Å²) in [6.07, 6.45) is 0. The highest BCUT2D eigenvalue weighted by molar-refractivity contribution is 14.1. The van der Waals surface area contributed by atoms with Crippen LogP contribution in [0.15, 0.2) is 30.3 Å². The number of methoxy groups -OCH3 is 1. The van der Waals surface area contributed by atoms with Gasteiger partial charge in [-0.2, -0.15) is 0 Å². The first-order valence-electron chi connectivity index (χ1n) is 5.51. The first-order valence-corrected chi connectivity index (χ1v) is 6.59. The van der Waals surface area contributed by atoms with Gasteiger partial charge in [-0.1, -0.05) is 6.07 Å². The third kappa shape index (κ3) is 3.04. The number of ether oxygens (including phenoxy) is 2. The third-order valence-electron chi connectivity index (χ3n) is 2.56. The topological polar surface area (TPSA) is 52.6 Å². The van der Waals surface area contributed by atoms with Gasteiger partial charge in [0.05, 0.1) is 12.7 Å². The first kappa shape index (κ1) is 13.8. The Labute approximate surface area is 123 Å². The average molecular weight is 370 g/mol. The Bertz CT molecular complexity index is 664. The molecule has 0 heterocycles. The van der Waals surface area contributed by atoms with E-state index in [2.05, 4.69) is 22.6 Å². The summed E-state index contributed by atoms with van der Waals surface area (Å²) in [4.78, 5) is 22.5. The Kier molecular flexibility index (Phi) is 4.04. The number of hydrogen-bond acceptors (Lipinski definition) is 4. The van der Waals surface area contributed by atoms with E-state index in [0.29, 0.717) is 11.3 Å². The Morgan fingerprint density at radius 1 is 1.11 bits per heavy atom. The average Bonchev–Trinajstić information content (AvgIpc) is 2.36. The lowest BCUT2D eigenvalue weighted by Gasteiger charge is -2.07. The number of benzene rings is 2. The molecule has 19 heavy (non-hydrogen) atoms. The molecule has 2 aromatic rings. The Morgan fingerprint density at radius 2 is 1.84 bits per heavy atom. The van der Waals surface area contributed by atoms with Crippen LogP contribution in [0.2, 0.25) is 0 Å². The molecule has 4 nitrogen and oxygen atoms in total. The van der Waals surface area contributed by atoms with Crippen molar-refractivity contribution in [1.82, 2.24) is 0 Å². The molecule has 0 aliphatic carbocycles. The van der Waals surface area contributed by atoms with Crippen LogP contribution in [0.3, 0.4) is 0 Å². The highest BCUT2D eigenvalue weighted by atomic mass is 127. The zero-order valence-corrected chi connectivity index (χ0v) is 12.6. The highest BCUT2D eigenvalue weighted by Crippen LogP contribution is 2.26. The van der Waals surface area contributed by atoms with E-state index in [9.17, 15) is 9.59 Å². The number of hydrogen-bond donors (Lipinski definition) is 0. The van der Waals surface area contributed by atoms with Gasteiger partial charge in [0.15, 0.2) is 0 Å². The number of rotatable bonds is 2. The molecule has 0 atom stereocenters. The van der Waals surface area contributed by atoms with Crippen molar-refractivity contribution in [2.75, 3.05) is 7.11 Å². The van der Waals surface area contributed by atoms with Crippen molar-refractivity contribution in [2.45, 2.75) is 6.92 Å². The van der Waals surface area contributed by atoms with Crippen LogP contribution >= 0.6 is 22.6 Å². The molecule has 0 saturated heterocycles. The molecule has 0 spiro atoms. The molecular weight excluding hydrogens is 359 g/mol. The molecule has 0 aromatic heterocycles. The van der Waals surface area contributed by atoms with Crippen LogP contribution in [0.25, 0.3) is 10.8 Å². The summed E-state index contributed by atoms with van der Waals surface area (Å²) in [5, 5.41) is 1.78. The minimum Gasteiger partial charge on any atom is -0.465 e. The van der Waals surface area contributed by atoms with Gasteiger partial charge in [-0.05, 0) is 57.6 Å². The summed E-state index contributed by atoms with van der Waals surface area (Å²) in [7, 11) is 1.35. The summed E-state index contributed by atoms with van der Waals surface area (Å²) in [6.45, 7) is 1.36. The van der Waals surface area contributed by atoms with Crippen LogP contribution in [-0.2, 0) is 9.53 Å². The van der Waals surface area contributed by atoms with Crippen LogP contribution in [0.5, 0.6) is 5.75 Å². The zero-order valence-electron chi connectivity index (χ0n) is 10.4. The second-order valence-corrected chi connectivity index (χ2v) is 5.09. The molecular formula is C14H11IO4. The van der Waals surface area contributed by atoms with E-state index < -0.39 is 0 Å². The largest absolute Gasteiger partial charge is 0.465 e. The Hall–Kier alpha value is -1.63. The monoisotopic (exact) mass is 370 g/mol. The molecule has 0 amide bonds. The second kappa shape index (κ2) is 5.56. The normalized spacial score (nSPS) is 10.3. The standard InChI is InChI=1S/C14H11IO4/c1-8(16)19-11-4-3-9-6-12(14(17)18-2)13(15)7-10(9)5-11/h3-7H,1-2H3. The minimum absolute atomic E-state index is 0.361. The quantitative estimate of drug-likeness (QED) is 0.463. The molecule has 2 rings (SSSR count). The first-order chi connectivity index (χ1) is 9.01. The van der Waals surface area contributed by atoms with Crippen molar-refractivity contribution in [1.29, 1.82) is 0 Å². The van der Waals surface area contributed by atoms with Gasteiger partial charge in [0.2, 0.25) is 0 Å². The van der Waals surface area contributed by atoms with Crippen molar-refractivity contribution >= 4 is 45.3 Å². The summed E-state index contributed by atoms with van der Waals surface area (Å²) < 4.78 is 10.5. The van der Waals surface area contributed by atoms with E-state index in [1.54, 1.807) is 24.3 Å². The summed E-state index contributed by atoms with van der Waals surface area (Å²) >= 11 is 2.08. The zero-order chi connectivity index (χ0) is 14.0. The van der Waals surface area contributed by atoms with Gasteiger partial charge in [0.1, 0.15) is 5.75 Å². The molecule has 0 unspecified atom stereocenters. The van der Waals surface area contributed by atoms with Gasteiger partial charge in [-0.3, -0.25) is 4.79 Å². The van der Waals surface area contributed by atoms with Crippen LogP contribution < -0.4 is 4.74 Å². The smallest absolute Gasteiger partial charge is 0.338 e. The van der Waals surface area contributed by atoms with Crippen molar-refractivity contribution in [3.05, 3.63) is 39.5 Å². The van der Waals surface area contributed by atoms with Crippen LogP contribution in [0.4, 0.5) is 0 Å². The predicted molar refractivity (Wildman–Crippen MR) is 79.3 cm³/mol. The van der Waals surface area contributed by atoms with Crippen molar-refractivity contribution in [3.63, 3.8) is 0 Å². The lowest BCUT2D eigenvalue weighted by atomic mass is 10.1. The van der Waals surface area contributed by atoms with E-state index in [0.717, 1.165) is 14.3 Å². The lowest BCUT2D eigenvalue weighted by molar-refractivity contribution is -0.131. The van der Waals surface area contributed by atoms with E-state index in [1.807, 2.05) is 6.07 Å². The molecule has 5 heteroatoms. The van der Waals surface area contributed by atoms with Gasteiger partial charge in [0, 0.05) is 10.5 Å². The number of carbonyl (C=O) groups is 2. The molecule has 0 saturated carbocycles. The fourth-order valence-electron chi connectivity index (χ4n) is 1.74. The molecule has 0 N–H and O–H groups in total. The van der Waals surface area contributed by atoms with Crippen molar-refractivity contribution in [2.24, 2.45) is 0 Å². The van der Waals surface area contributed by atoms with Crippen LogP contribution in [0.1, 0.15) is 17.3 Å². The van der Waals surface area contributed by atoms with Gasteiger partial charge >= 0.3 is 11.9 Å². The van der Waals surface area contributed by atoms with E-state index in [-0.39, 0.29) is 11.9 Å². The predicted octanol–water partition coefficient (Wildman–Crippen LogP) is 3.16. The van der Waals surface area contributed by atoms with Crippen molar-refractivity contribution < 1.29 is 19.1 Å². The number of carbonyl (C=O) groups excluding carboxylic acids is 2. The Morgan fingerprint density at radius 3 is 2.47 bits per heavy atom. The SMILES string of the molecule is COC(=O)c1cc2ccc(OC(C)=O)cc2cc1I. The molecule has 98 valence electrons. The Balaban J connectivity index is 2.51. The second-order valence-electron chi connectivity index (χ2n) is 3.93. The van der Waals surface area contributed by atoms with Gasteiger partial charge < -0.3 is 9.47 Å². The fraction of sp³-hybridized carbons (Fsp3) is 0.143. The molecule has 0 aliphatic rings. The lowest BCUT2D eigenvalue weighted by Crippen LogP contribution is -2.04. The summed E-state index contributed by atoms with van der Waals surface area (Å²) in [6, 6.07) is 8.88. The summed E-state index contributed by atoms with van der Waals surface area (Å²) in [5.41, 5.74) is 0.524. The van der Waals surface area contributed by atoms with Crippen LogP contribution in [-0.4, -0.2) is 19.0 Å². The number of fused-ring (bicyclic) bond motifs is 1. The van der Waals surface area contributed by atoms with Crippen molar-refractivity contribution in [3.8, 4) is 5.75 Å². The van der Waals surface area contributed by atoms with E-state index in [1.165, 1.54) is 14.0 Å². The highest BCUT2D eigenvalue weighted by Gasteiger charge is 2.12. The number of halogens is 1. The van der Waals surface area contributed by atoms with Gasteiger partial charge in [-0.25, -0.2) is 4.79 Å². The van der Waals surface area contributed by atoms with Crippen LogP contribution in [0, 0.1) is 3.57 Å². The number of esters is 2. The van der Waals surface area contributed by atoms with E-state index in [4.69, 9.17) is 9.47 Å².